The van der Waals surface area contributed by atoms with Gasteiger partial charge in [-0.1, -0.05) is 25.5 Å². The molecule has 0 aliphatic carbocycles. The first kappa shape index (κ1) is 27.3. The number of rotatable bonds is 8. The number of nitrogens with zero attached hydrogens (tertiary/aromatic N) is 3. The highest BCUT2D eigenvalue weighted by Gasteiger charge is 2.26. The molecule has 2 aliphatic rings. The molecule has 2 heterocycles. The lowest BCUT2D eigenvalue weighted by Gasteiger charge is -2.32. The molecule has 0 amide bonds. The highest BCUT2D eigenvalue weighted by Crippen LogP contribution is 2.21. The van der Waals surface area contributed by atoms with E-state index in [4.69, 9.17) is 4.99 Å². The summed E-state index contributed by atoms with van der Waals surface area (Å²) in [4.78, 5) is 7.64. The number of likely N-dealkylation sites (tertiary alicyclic amines) is 1. The SMILES string of the molecule is CCCN1CCC(NC(=NCc2cccc(S(=O)(=O)N3CCCCC3)c2)NCC)CC1.I. The Balaban J connectivity index is 0.00000363. The number of piperidine rings is 2. The summed E-state index contributed by atoms with van der Waals surface area (Å²) in [6.45, 7) is 10.2. The van der Waals surface area contributed by atoms with Gasteiger partial charge in [0.15, 0.2) is 5.96 Å². The summed E-state index contributed by atoms with van der Waals surface area (Å²) < 4.78 is 27.6. The standard InChI is InChI=1S/C23H39N5O2S.HI/c1-3-13-27-16-11-21(12-17-27)26-23(24-4-2)25-19-20-9-8-10-22(18-20)31(29,30)28-14-6-5-7-15-28;/h8-10,18,21H,3-7,11-17,19H2,1-2H3,(H2,24,25,26);1H. The summed E-state index contributed by atoms with van der Waals surface area (Å²) in [5.41, 5.74) is 0.910. The van der Waals surface area contributed by atoms with Crippen molar-refractivity contribution in [2.24, 2.45) is 4.99 Å². The topological polar surface area (TPSA) is 77.0 Å². The molecule has 0 saturated carbocycles. The van der Waals surface area contributed by atoms with Gasteiger partial charge < -0.3 is 15.5 Å². The van der Waals surface area contributed by atoms with Crippen LogP contribution in [-0.2, 0) is 16.6 Å². The third-order valence-electron chi connectivity index (χ3n) is 6.08. The van der Waals surface area contributed by atoms with Crippen molar-refractivity contribution in [3.05, 3.63) is 29.8 Å². The van der Waals surface area contributed by atoms with Gasteiger partial charge in [0.2, 0.25) is 10.0 Å². The Labute approximate surface area is 211 Å². The summed E-state index contributed by atoms with van der Waals surface area (Å²) >= 11 is 0. The minimum absolute atomic E-state index is 0. The van der Waals surface area contributed by atoms with Gasteiger partial charge in [-0.3, -0.25) is 0 Å². The van der Waals surface area contributed by atoms with Gasteiger partial charge in [-0.15, -0.1) is 24.0 Å². The Morgan fingerprint density at radius 2 is 1.81 bits per heavy atom. The van der Waals surface area contributed by atoms with E-state index in [1.807, 2.05) is 12.1 Å². The zero-order valence-corrected chi connectivity index (χ0v) is 22.7. The number of halogens is 1. The number of hydrogen-bond donors (Lipinski definition) is 2. The predicted octanol–water partition coefficient (Wildman–Crippen LogP) is 3.41. The van der Waals surface area contributed by atoms with Crippen LogP contribution < -0.4 is 10.6 Å². The van der Waals surface area contributed by atoms with Gasteiger partial charge in [-0.05, 0) is 63.3 Å². The van der Waals surface area contributed by atoms with Crippen LogP contribution in [0.15, 0.2) is 34.2 Å². The van der Waals surface area contributed by atoms with Crippen molar-refractivity contribution >= 4 is 40.0 Å². The zero-order valence-electron chi connectivity index (χ0n) is 19.6. The first-order valence-corrected chi connectivity index (χ1v) is 13.3. The van der Waals surface area contributed by atoms with Crippen molar-refractivity contribution in [1.82, 2.24) is 19.8 Å². The number of guanidine groups is 1. The highest BCUT2D eigenvalue weighted by molar-refractivity contribution is 14.0. The van der Waals surface area contributed by atoms with E-state index in [0.29, 0.717) is 30.6 Å². The lowest BCUT2D eigenvalue weighted by Crippen LogP contribution is -2.48. The lowest BCUT2D eigenvalue weighted by atomic mass is 10.1. The minimum Gasteiger partial charge on any atom is -0.357 e. The fourth-order valence-corrected chi connectivity index (χ4v) is 5.95. The maximum atomic E-state index is 13.0. The molecule has 7 nitrogen and oxygen atoms in total. The van der Waals surface area contributed by atoms with E-state index in [2.05, 4.69) is 29.4 Å². The third-order valence-corrected chi connectivity index (χ3v) is 7.98. The Bertz CT molecular complexity index is 819. The lowest BCUT2D eigenvalue weighted by molar-refractivity contribution is 0.206. The van der Waals surface area contributed by atoms with Crippen LogP contribution in [0, 0.1) is 0 Å². The zero-order chi connectivity index (χ0) is 22.1. The molecule has 2 fully saturated rings. The quantitative estimate of drug-likeness (QED) is 0.282. The highest BCUT2D eigenvalue weighted by atomic mass is 127. The second kappa shape index (κ2) is 13.7. The van der Waals surface area contributed by atoms with Crippen LogP contribution in [-0.4, -0.2) is 68.9 Å². The van der Waals surface area contributed by atoms with Gasteiger partial charge in [0, 0.05) is 38.8 Å². The summed E-state index contributed by atoms with van der Waals surface area (Å²) in [7, 11) is -3.42. The number of nitrogens with one attached hydrogen (secondary N) is 2. The van der Waals surface area contributed by atoms with Gasteiger partial charge >= 0.3 is 0 Å². The van der Waals surface area contributed by atoms with Crippen LogP contribution in [0.2, 0.25) is 0 Å². The van der Waals surface area contributed by atoms with Crippen LogP contribution in [0.4, 0.5) is 0 Å². The smallest absolute Gasteiger partial charge is 0.243 e. The van der Waals surface area contributed by atoms with E-state index in [0.717, 1.165) is 63.3 Å². The summed E-state index contributed by atoms with van der Waals surface area (Å²) in [5, 5.41) is 6.90. The molecule has 0 bridgehead atoms. The molecule has 2 aliphatic heterocycles. The molecular formula is C23H40IN5O2S. The number of aliphatic imine (C=N–C) groups is 1. The second-order valence-electron chi connectivity index (χ2n) is 8.57. The summed E-state index contributed by atoms with van der Waals surface area (Å²) in [5.74, 6) is 0.806. The third kappa shape index (κ3) is 7.85. The van der Waals surface area contributed by atoms with Crippen LogP contribution in [0.3, 0.4) is 0 Å². The normalized spacial score (nSPS) is 19.4. The summed E-state index contributed by atoms with van der Waals surface area (Å²) in [6.07, 6.45) is 6.44. The molecule has 32 heavy (non-hydrogen) atoms. The first-order valence-electron chi connectivity index (χ1n) is 11.9. The molecule has 0 radical (unpaired) electrons. The van der Waals surface area contributed by atoms with Crippen LogP contribution in [0.5, 0.6) is 0 Å². The van der Waals surface area contributed by atoms with Crippen LogP contribution in [0.1, 0.15) is 57.9 Å². The van der Waals surface area contributed by atoms with E-state index in [1.54, 1.807) is 16.4 Å². The van der Waals surface area contributed by atoms with Crippen LogP contribution in [0.25, 0.3) is 0 Å². The van der Waals surface area contributed by atoms with Crippen molar-refractivity contribution in [2.45, 2.75) is 69.9 Å². The molecule has 0 atom stereocenters. The maximum absolute atomic E-state index is 13.0. The van der Waals surface area contributed by atoms with E-state index in [-0.39, 0.29) is 24.0 Å². The molecule has 0 aromatic heterocycles. The Kier molecular flexibility index (Phi) is 11.7. The molecule has 1 aromatic rings. The van der Waals surface area contributed by atoms with Gasteiger partial charge in [0.05, 0.1) is 11.4 Å². The monoisotopic (exact) mass is 577 g/mol. The van der Waals surface area contributed by atoms with E-state index in [9.17, 15) is 8.42 Å². The Hall–Kier alpha value is -0.910. The molecule has 0 spiro atoms. The van der Waals surface area contributed by atoms with Crippen molar-refractivity contribution in [2.75, 3.05) is 39.3 Å². The molecule has 9 heteroatoms. The van der Waals surface area contributed by atoms with Crippen molar-refractivity contribution in [3.63, 3.8) is 0 Å². The molecule has 3 rings (SSSR count). The van der Waals surface area contributed by atoms with Crippen molar-refractivity contribution in [3.8, 4) is 0 Å². The molecular weight excluding hydrogens is 537 g/mol. The van der Waals surface area contributed by atoms with Crippen molar-refractivity contribution < 1.29 is 8.42 Å². The Morgan fingerprint density at radius 3 is 2.47 bits per heavy atom. The molecule has 2 saturated heterocycles. The Morgan fingerprint density at radius 1 is 1.09 bits per heavy atom. The van der Waals surface area contributed by atoms with Crippen LogP contribution >= 0.6 is 24.0 Å². The largest absolute Gasteiger partial charge is 0.357 e. The number of hydrogen-bond acceptors (Lipinski definition) is 4. The van der Waals surface area contributed by atoms with Gasteiger partial charge in [0.25, 0.3) is 0 Å². The summed E-state index contributed by atoms with van der Waals surface area (Å²) in [6, 6.07) is 7.68. The van der Waals surface area contributed by atoms with Gasteiger partial charge in [-0.2, -0.15) is 4.31 Å². The van der Waals surface area contributed by atoms with E-state index < -0.39 is 10.0 Å². The fourth-order valence-electron chi connectivity index (χ4n) is 4.36. The van der Waals surface area contributed by atoms with Gasteiger partial charge in [0.1, 0.15) is 0 Å². The number of sulfonamides is 1. The predicted molar refractivity (Wildman–Crippen MR) is 142 cm³/mol. The molecule has 1 aromatic carbocycles. The van der Waals surface area contributed by atoms with E-state index in [1.165, 1.54) is 13.0 Å². The minimum atomic E-state index is -3.42. The van der Waals surface area contributed by atoms with Gasteiger partial charge in [-0.25, -0.2) is 13.4 Å². The van der Waals surface area contributed by atoms with Crippen molar-refractivity contribution in [1.29, 1.82) is 0 Å². The molecule has 2 N–H and O–H groups in total. The maximum Gasteiger partial charge on any atom is 0.243 e. The average Bonchev–Trinajstić information content (AvgIpc) is 2.80. The fraction of sp³-hybridized carbons (Fsp3) is 0.696. The van der Waals surface area contributed by atoms with E-state index >= 15 is 0 Å². The molecule has 182 valence electrons. The molecule has 0 unspecified atom stereocenters. The average molecular weight is 578 g/mol. The second-order valence-corrected chi connectivity index (χ2v) is 10.5. The number of benzene rings is 1. The first-order chi connectivity index (χ1) is 15.0.